The summed E-state index contributed by atoms with van der Waals surface area (Å²) in [5.41, 5.74) is 10.3. The molecule has 5 rings (SSSR count). The second-order valence-corrected chi connectivity index (χ2v) is 9.11. The third-order valence-corrected chi connectivity index (χ3v) is 6.93. The van der Waals surface area contributed by atoms with Gasteiger partial charge in [0.25, 0.3) is 0 Å². The Bertz CT molecular complexity index is 1160. The predicted octanol–water partition coefficient (Wildman–Crippen LogP) is 4.69. The molecule has 2 aliphatic heterocycles. The molecule has 0 radical (unpaired) electrons. The number of rotatable bonds is 6. The highest BCUT2D eigenvalue weighted by Gasteiger charge is 2.43. The molecule has 2 aliphatic rings. The number of carbonyl (C=O) groups excluding carboxylic acids is 1. The van der Waals surface area contributed by atoms with Crippen molar-refractivity contribution in [3.05, 3.63) is 101 Å². The van der Waals surface area contributed by atoms with E-state index in [1.54, 1.807) is 6.08 Å². The molecule has 0 aliphatic carbocycles. The fraction of sp³-hybridized carbons (Fsp3) is 0.276. The van der Waals surface area contributed by atoms with Crippen LogP contribution in [0.5, 0.6) is 11.5 Å². The van der Waals surface area contributed by atoms with Crippen LogP contribution in [0.3, 0.4) is 0 Å². The summed E-state index contributed by atoms with van der Waals surface area (Å²) in [4.78, 5) is 14.7. The van der Waals surface area contributed by atoms with Crippen LogP contribution in [-0.2, 0) is 23.4 Å². The van der Waals surface area contributed by atoms with E-state index >= 15 is 0 Å². The normalized spacial score (nSPS) is 16.4. The van der Waals surface area contributed by atoms with E-state index in [1.807, 2.05) is 77.7 Å². The summed E-state index contributed by atoms with van der Waals surface area (Å²) in [7, 11) is 0. The van der Waals surface area contributed by atoms with E-state index < -0.39 is 0 Å². The minimum absolute atomic E-state index is 0.00338. The molecule has 174 valence electrons. The highest BCUT2D eigenvalue weighted by Crippen LogP contribution is 2.45. The predicted molar refractivity (Wildman–Crippen MR) is 134 cm³/mol. The number of hydrogen-bond acceptors (Lipinski definition) is 4. The van der Waals surface area contributed by atoms with E-state index in [1.165, 1.54) is 5.56 Å². The van der Waals surface area contributed by atoms with Crippen LogP contribution >= 0.6 is 0 Å². The van der Waals surface area contributed by atoms with Gasteiger partial charge in [-0.25, -0.2) is 0 Å². The summed E-state index contributed by atoms with van der Waals surface area (Å²) in [6.45, 7) is 3.20. The molecule has 2 N–H and O–H groups in total. The quantitative estimate of drug-likeness (QED) is 0.549. The first-order chi connectivity index (χ1) is 16.6. The highest BCUT2D eigenvalue weighted by atomic mass is 16.5. The Morgan fingerprint density at radius 1 is 1.00 bits per heavy atom. The van der Waals surface area contributed by atoms with Gasteiger partial charge in [0.1, 0.15) is 18.1 Å². The van der Waals surface area contributed by atoms with Crippen LogP contribution in [0.2, 0.25) is 0 Å². The van der Waals surface area contributed by atoms with Crippen molar-refractivity contribution in [3.63, 3.8) is 0 Å². The molecule has 0 bridgehead atoms. The summed E-state index contributed by atoms with van der Waals surface area (Å²) < 4.78 is 11.8. The number of fused-ring (bicyclic) bond motifs is 2. The molecule has 1 spiro atoms. The van der Waals surface area contributed by atoms with Crippen molar-refractivity contribution in [3.8, 4) is 11.5 Å². The van der Waals surface area contributed by atoms with Crippen molar-refractivity contribution >= 4 is 12.0 Å². The zero-order valence-electron chi connectivity index (χ0n) is 19.3. The topological polar surface area (TPSA) is 64.8 Å². The maximum Gasteiger partial charge on any atom is 0.246 e. The molecule has 5 heteroatoms. The van der Waals surface area contributed by atoms with Crippen LogP contribution in [0, 0.1) is 0 Å². The Morgan fingerprint density at radius 3 is 2.50 bits per heavy atom. The van der Waals surface area contributed by atoms with Gasteiger partial charge in [-0.05, 0) is 53.8 Å². The second-order valence-electron chi connectivity index (χ2n) is 9.11. The van der Waals surface area contributed by atoms with Crippen LogP contribution in [0.1, 0.15) is 35.1 Å². The van der Waals surface area contributed by atoms with Gasteiger partial charge in [-0.3, -0.25) is 4.79 Å². The van der Waals surface area contributed by atoms with Crippen molar-refractivity contribution in [2.45, 2.75) is 31.4 Å². The van der Waals surface area contributed by atoms with Gasteiger partial charge >= 0.3 is 0 Å². The molecule has 1 amide bonds. The highest BCUT2D eigenvalue weighted by molar-refractivity contribution is 5.91. The first-order valence-corrected chi connectivity index (χ1v) is 11.9. The smallest absolute Gasteiger partial charge is 0.246 e. The van der Waals surface area contributed by atoms with E-state index in [2.05, 4.69) is 6.07 Å². The maximum atomic E-state index is 12.8. The number of nitrogens with zero attached hydrogens (tertiary/aromatic N) is 1. The number of benzene rings is 3. The van der Waals surface area contributed by atoms with E-state index in [4.69, 9.17) is 15.2 Å². The van der Waals surface area contributed by atoms with Gasteiger partial charge in [-0.15, -0.1) is 0 Å². The Hall–Kier alpha value is -3.57. The average Bonchev–Trinajstić information content (AvgIpc) is 3.24. The van der Waals surface area contributed by atoms with Crippen LogP contribution in [0.4, 0.5) is 0 Å². The standard InChI is InChI=1S/C29H30N2O3/c30-19-24-8-12-27-26(18-24)29(21-34-27)14-16-31(17-15-29)28(32)13-9-22-6-10-25(11-7-22)33-20-23-4-2-1-3-5-23/h1-13,18H,14-17,19-21,30H2/b13-9+. The van der Waals surface area contributed by atoms with Crippen molar-refractivity contribution < 1.29 is 14.3 Å². The number of piperidine rings is 1. The van der Waals surface area contributed by atoms with Crippen molar-refractivity contribution in [1.82, 2.24) is 4.90 Å². The minimum atomic E-state index is -0.00338. The average molecular weight is 455 g/mol. The van der Waals surface area contributed by atoms with Crippen molar-refractivity contribution in [1.29, 1.82) is 0 Å². The van der Waals surface area contributed by atoms with Crippen molar-refractivity contribution in [2.24, 2.45) is 5.73 Å². The maximum absolute atomic E-state index is 12.8. The molecule has 2 heterocycles. The third-order valence-electron chi connectivity index (χ3n) is 6.93. The van der Waals surface area contributed by atoms with Gasteiger partial charge in [0.2, 0.25) is 5.91 Å². The Labute approximate surface area is 200 Å². The Morgan fingerprint density at radius 2 is 1.76 bits per heavy atom. The fourth-order valence-corrected chi connectivity index (χ4v) is 4.80. The lowest BCUT2D eigenvalue weighted by Gasteiger charge is -2.38. The van der Waals surface area contributed by atoms with Gasteiger partial charge in [0, 0.05) is 36.7 Å². The Kier molecular flexibility index (Phi) is 6.37. The fourth-order valence-electron chi connectivity index (χ4n) is 4.80. The van der Waals surface area contributed by atoms with Crippen molar-refractivity contribution in [2.75, 3.05) is 19.7 Å². The molecule has 0 aromatic heterocycles. The van der Waals surface area contributed by atoms with Crippen LogP contribution in [-0.4, -0.2) is 30.5 Å². The molecule has 3 aromatic rings. The van der Waals surface area contributed by atoms with E-state index in [9.17, 15) is 4.79 Å². The lowest BCUT2D eigenvalue weighted by molar-refractivity contribution is -0.127. The molecule has 0 atom stereocenters. The van der Waals surface area contributed by atoms with Gasteiger partial charge in [0.05, 0.1) is 6.61 Å². The van der Waals surface area contributed by atoms with Gasteiger partial charge in [-0.1, -0.05) is 54.6 Å². The molecular weight excluding hydrogens is 424 g/mol. The molecule has 1 saturated heterocycles. The second kappa shape index (κ2) is 9.74. The number of nitrogens with two attached hydrogens (primary N) is 1. The molecule has 0 unspecified atom stereocenters. The largest absolute Gasteiger partial charge is 0.492 e. The number of amides is 1. The van der Waals surface area contributed by atoms with Crippen LogP contribution in [0.15, 0.2) is 78.9 Å². The Balaban J connectivity index is 1.15. The minimum Gasteiger partial charge on any atom is -0.492 e. The SMILES string of the molecule is NCc1ccc2c(c1)C1(CCN(C(=O)/C=C/c3ccc(OCc4ccccc4)cc3)CC1)CO2. The van der Waals surface area contributed by atoms with Gasteiger partial charge in [-0.2, -0.15) is 0 Å². The number of carbonyl (C=O) groups is 1. The molecule has 3 aromatic carbocycles. The van der Waals surface area contributed by atoms with Gasteiger partial charge < -0.3 is 20.1 Å². The lowest BCUT2D eigenvalue weighted by Crippen LogP contribution is -2.45. The van der Waals surface area contributed by atoms with E-state index in [0.29, 0.717) is 19.8 Å². The zero-order valence-corrected chi connectivity index (χ0v) is 19.3. The van der Waals surface area contributed by atoms with E-state index in [0.717, 1.165) is 54.1 Å². The van der Waals surface area contributed by atoms with Crippen LogP contribution < -0.4 is 15.2 Å². The molecule has 5 nitrogen and oxygen atoms in total. The number of likely N-dealkylation sites (tertiary alicyclic amines) is 1. The summed E-state index contributed by atoms with van der Waals surface area (Å²) in [5, 5.41) is 0. The first kappa shape index (κ1) is 22.2. The third kappa shape index (κ3) is 4.70. The first-order valence-electron chi connectivity index (χ1n) is 11.9. The molecule has 34 heavy (non-hydrogen) atoms. The van der Waals surface area contributed by atoms with Crippen LogP contribution in [0.25, 0.3) is 6.08 Å². The van der Waals surface area contributed by atoms with Gasteiger partial charge in [0.15, 0.2) is 0 Å². The summed E-state index contributed by atoms with van der Waals surface area (Å²) in [6.07, 6.45) is 5.35. The molecular formula is C29H30N2O3. The summed E-state index contributed by atoms with van der Waals surface area (Å²) in [5.74, 6) is 1.83. The zero-order chi connectivity index (χ0) is 23.4. The summed E-state index contributed by atoms with van der Waals surface area (Å²) >= 11 is 0. The van der Waals surface area contributed by atoms with E-state index in [-0.39, 0.29) is 11.3 Å². The summed E-state index contributed by atoms with van der Waals surface area (Å²) in [6, 6.07) is 24.1. The number of ether oxygens (including phenoxy) is 2. The molecule has 1 fully saturated rings. The monoisotopic (exact) mass is 454 g/mol. The molecule has 0 saturated carbocycles. The number of hydrogen-bond donors (Lipinski definition) is 1. The lowest BCUT2D eigenvalue weighted by atomic mass is 9.74.